The quantitative estimate of drug-likeness (QED) is 0.0415. The van der Waals surface area contributed by atoms with E-state index in [2.05, 4.69) is 25.9 Å². The first kappa shape index (κ1) is 56.0. The number of carbonyl (C=O) groups excluding carboxylic acids is 4. The molecule has 15 nitrogen and oxygen atoms in total. The molecule has 400 valence electrons. The summed E-state index contributed by atoms with van der Waals surface area (Å²) in [4.78, 5) is 65.3. The number of nitrogens with one attached hydrogen (secondary N) is 4. The highest BCUT2D eigenvalue weighted by Crippen LogP contribution is 2.43. The van der Waals surface area contributed by atoms with Crippen molar-refractivity contribution in [3.05, 3.63) is 111 Å². The number of thiazole rings is 1. The lowest BCUT2D eigenvalue weighted by molar-refractivity contribution is -0.144. The first-order chi connectivity index (χ1) is 35.2. The van der Waals surface area contributed by atoms with Crippen LogP contribution in [0.5, 0.6) is 0 Å². The number of unbranched alkanes of at least 4 members (excludes halogenated alkanes) is 1. The van der Waals surface area contributed by atoms with E-state index in [-0.39, 0.29) is 82.8 Å². The Morgan fingerprint density at radius 1 is 0.919 bits per heavy atom. The van der Waals surface area contributed by atoms with Gasteiger partial charge in [0.05, 0.1) is 54.7 Å². The number of ether oxygens (including phenoxy) is 3. The van der Waals surface area contributed by atoms with Gasteiger partial charge in [-0.2, -0.15) is 0 Å². The number of nitrogens with zero attached hydrogens (tertiary/aromatic N) is 3. The SMILES string of the molecule is Cc1ncsc1-c1ccc(CNC(=O)[C@@H]2C[C@@H](O)CN2C(=O)C(NC(=O)COCCOCCOCCCCNC(=O)c2cc(F)c([C@@H]3c4[nH]c5ccccc5c4C[C@@H](C)N3CC(C)(C)F)c(F)c2)C(C)(C)C)cc1. The first-order valence-electron chi connectivity index (χ1n) is 25.3. The molecule has 2 aliphatic heterocycles. The lowest BCUT2D eigenvalue weighted by Crippen LogP contribution is -2.58. The molecule has 0 radical (unpaired) electrons. The van der Waals surface area contributed by atoms with Crippen molar-refractivity contribution in [1.29, 1.82) is 0 Å². The summed E-state index contributed by atoms with van der Waals surface area (Å²) in [5.41, 5.74) is 4.28. The smallest absolute Gasteiger partial charge is 0.251 e. The summed E-state index contributed by atoms with van der Waals surface area (Å²) >= 11 is 1.56. The van der Waals surface area contributed by atoms with E-state index < -0.39 is 70.6 Å². The van der Waals surface area contributed by atoms with E-state index in [1.54, 1.807) is 42.5 Å². The third-order valence-electron chi connectivity index (χ3n) is 13.4. The number of H-pyrrole nitrogens is 1. The van der Waals surface area contributed by atoms with Crippen molar-refractivity contribution in [1.82, 2.24) is 35.7 Å². The number of benzene rings is 3. The summed E-state index contributed by atoms with van der Waals surface area (Å²) in [6, 6.07) is 14.5. The third kappa shape index (κ3) is 14.2. The zero-order valence-electron chi connectivity index (χ0n) is 43.3. The second-order valence-corrected chi connectivity index (χ2v) is 21.8. The molecule has 74 heavy (non-hydrogen) atoms. The Morgan fingerprint density at radius 3 is 2.26 bits per heavy atom. The molecule has 5 aromatic rings. The van der Waals surface area contributed by atoms with Crippen LogP contribution < -0.4 is 16.0 Å². The van der Waals surface area contributed by atoms with E-state index in [1.807, 2.05) is 62.4 Å². The number of aliphatic hydroxyl groups excluding tert-OH is 1. The van der Waals surface area contributed by atoms with Crippen molar-refractivity contribution >= 4 is 45.9 Å². The molecule has 5 atom stereocenters. The van der Waals surface area contributed by atoms with Crippen molar-refractivity contribution in [2.75, 3.05) is 59.3 Å². The standard InChI is InChI=1S/C55H70F3N7O8S/c1-33-24-40-39-12-8-9-13-43(39)62-47(40)48(65(33)31-55(6,7)58)46-41(56)25-37(26-42(46)57)51(68)59-18-10-11-19-71-20-21-72-22-23-73-30-45(67)63-50(54(3,4)5)53(70)64-29-38(66)27-44(64)52(69)60-28-35-14-16-36(17-15-35)49-34(2)61-32-74-49/h8-9,12-17,25-26,32-33,38,44,48,50,62,66H,10-11,18-24,27-31H2,1-7H3,(H,59,68)(H,60,69)(H,63,67)/t33-,38-,44+,48-,50?/m1/s1. The van der Waals surface area contributed by atoms with Gasteiger partial charge in [-0.3, -0.25) is 24.1 Å². The maximum absolute atomic E-state index is 16.1. The predicted octanol–water partition coefficient (Wildman–Crippen LogP) is 7.33. The molecule has 0 bridgehead atoms. The van der Waals surface area contributed by atoms with Crippen LogP contribution in [-0.2, 0) is 41.6 Å². The van der Waals surface area contributed by atoms with Gasteiger partial charge in [-0.05, 0) is 87.3 Å². The van der Waals surface area contributed by atoms with Crippen LogP contribution in [0.3, 0.4) is 0 Å². The molecule has 19 heteroatoms. The van der Waals surface area contributed by atoms with Crippen LogP contribution in [0.25, 0.3) is 21.3 Å². The number of rotatable bonds is 23. The summed E-state index contributed by atoms with van der Waals surface area (Å²) < 4.78 is 64.0. The number of aromatic amines is 1. The number of para-hydroxylation sites is 1. The minimum atomic E-state index is -1.64. The summed E-state index contributed by atoms with van der Waals surface area (Å²) in [5, 5.41) is 19.9. The number of aromatic nitrogens is 2. The number of fused-ring (bicyclic) bond motifs is 3. The van der Waals surface area contributed by atoms with Crippen LogP contribution in [-0.4, -0.2) is 138 Å². The van der Waals surface area contributed by atoms with Crippen molar-refractivity contribution in [3.63, 3.8) is 0 Å². The Morgan fingerprint density at radius 2 is 1.59 bits per heavy atom. The molecule has 2 aromatic heterocycles. The molecule has 0 saturated carbocycles. The van der Waals surface area contributed by atoms with Gasteiger partial charge in [-0.15, -0.1) is 11.3 Å². The van der Waals surface area contributed by atoms with Gasteiger partial charge in [0.15, 0.2) is 0 Å². The molecular weight excluding hydrogens is 976 g/mol. The van der Waals surface area contributed by atoms with Gasteiger partial charge in [0.25, 0.3) is 5.91 Å². The van der Waals surface area contributed by atoms with Gasteiger partial charge in [0.2, 0.25) is 17.7 Å². The number of likely N-dealkylation sites (tertiary alicyclic amines) is 1. The van der Waals surface area contributed by atoms with Crippen LogP contribution >= 0.6 is 11.3 Å². The molecule has 1 saturated heterocycles. The second kappa shape index (κ2) is 24.8. The van der Waals surface area contributed by atoms with E-state index in [9.17, 15) is 24.3 Å². The van der Waals surface area contributed by atoms with Gasteiger partial charge in [0.1, 0.15) is 36.0 Å². The minimum absolute atomic E-state index is 0.0419. The second-order valence-electron chi connectivity index (χ2n) is 20.9. The summed E-state index contributed by atoms with van der Waals surface area (Å²) in [6.07, 6.45) is 0.900. The van der Waals surface area contributed by atoms with Crippen molar-refractivity contribution in [2.45, 2.75) is 117 Å². The Bertz CT molecular complexity index is 2720. The zero-order chi connectivity index (χ0) is 53.3. The Hall–Kier alpha value is -5.70. The monoisotopic (exact) mass is 1050 g/mol. The maximum atomic E-state index is 16.1. The molecule has 4 heterocycles. The molecule has 1 unspecified atom stereocenters. The van der Waals surface area contributed by atoms with Crippen LogP contribution in [0, 0.1) is 24.0 Å². The number of amides is 4. The van der Waals surface area contributed by atoms with Crippen LogP contribution in [0.2, 0.25) is 0 Å². The lowest BCUT2D eigenvalue weighted by Gasteiger charge is -2.43. The highest BCUT2D eigenvalue weighted by molar-refractivity contribution is 7.13. The first-order valence-corrected chi connectivity index (χ1v) is 26.2. The largest absolute Gasteiger partial charge is 0.391 e. The van der Waals surface area contributed by atoms with Crippen molar-refractivity contribution in [2.24, 2.45) is 5.41 Å². The third-order valence-corrected chi connectivity index (χ3v) is 14.4. The Labute approximate surface area is 434 Å². The number of hydrogen-bond acceptors (Lipinski definition) is 11. The fourth-order valence-corrected chi connectivity index (χ4v) is 10.5. The van der Waals surface area contributed by atoms with Gasteiger partial charge in [0, 0.05) is 73.0 Å². The zero-order valence-corrected chi connectivity index (χ0v) is 44.1. The normalized spacial score (nSPS) is 18.6. The molecule has 7 rings (SSSR count). The Balaban J connectivity index is 0.774. The number of aliphatic hydroxyl groups is 1. The van der Waals surface area contributed by atoms with Gasteiger partial charge < -0.3 is 45.2 Å². The van der Waals surface area contributed by atoms with Gasteiger partial charge in [-0.25, -0.2) is 18.2 Å². The average molecular weight is 1050 g/mol. The summed E-state index contributed by atoms with van der Waals surface area (Å²) in [6.45, 7) is 13.5. The number of carbonyl (C=O) groups is 4. The number of alkyl halides is 1. The van der Waals surface area contributed by atoms with Crippen molar-refractivity contribution in [3.8, 4) is 10.4 Å². The van der Waals surface area contributed by atoms with E-state index in [4.69, 9.17) is 14.2 Å². The molecule has 5 N–H and O–H groups in total. The van der Waals surface area contributed by atoms with Crippen LogP contribution in [0.4, 0.5) is 13.2 Å². The average Bonchev–Trinajstić information content (AvgIpc) is 4.07. The fraction of sp³-hybridized carbons (Fsp3) is 0.509. The van der Waals surface area contributed by atoms with Gasteiger partial charge >= 0.3 is 0 Å². The van der Waals surface area contributed by atoms with E-state index in [0.717, 1.165) is 50.3 Å². The molecule has 3 aromatic carbocycles. The lowest BCUT2D eigenvalue weighted by atomic mass is 9.85. The molecule has 1 fully saturated rings. The van der Waals surface area contributed by atoms with Gasteiger partial charge in [-0.1, -0.05) is 63.2 Å². The molecular formula is C55H70F3N7O8S. The summed E-state index contributed by atoms with van der Waals surface area (Å²) in [7, 11) is 0. The summed E-state index contributed by atoms with van der Waals surface area (Å²) in [5.74, 6) is -3.78. The predicted molar refractivity (Wildman–Crippen MR) is 277 cm³/mol. The molecule has 2 aliphatic rings. The highest BCUT2D eigenvalue weighted by atomic mass is 32.1. The van der Waals surface area contributed by atoms with E-state index in [1.165, 1.54) is 18.7 Å². The number of halogens is 3. The molecule has 0 spiro atoms. The van der Waals surface area contributed by atoms with E-state index >= 15 is 13.2 Å². The van der Waals surface area contributed by atoms with Crippen molar-refractivity contribution < 1.29 is 51.7 Å². The fourth-order valence-electron chi connectivity index (χ4n) is 9.70. The maximum Gasteiger partial charge on any atom is 0.251 e. The highest BCUT2D eigenvalue weighted by Gasteiger charge is 2.45. The minimum Gasteiger partial charge on any atom is -0.391 e. The van der Waals surface area contributed by atoms with E-state index in [0.29, 0.717) is 31.6 Å². The topological polar surface area (TPSA) is 187 Å². The number of hydrogen-bond donors (Lipinski definition) is 5. The number of aryl methyl sites for hydroxylation is 1. The van der Waals surface area contributed by atoms with Crippen LogP contribution in [0.15, 0.2) is 66.2 Å². The molecule has 0 aliphatic carbocycles. The van der Waals surface area contributed by atoms with Crippen LogP contribution in [0.1, 0.15) is 105 Å². The molecule has 4 amide bonds. The Kier molecular flexibility index (Phi) is 18.8. The number of β-amino-alcohol motifs (C(OH)–C–C–N with tert-alkyl or cyclic N) is 1.